The summed E-state index contributed by atoms with van der Waals surface area (Å²) >= 11 is 0. The average molecular weight is 188 g/mol. The monoisotopic (exact) mass is 188 g/mol. The third-order valence-corrected chi connectivity index (χ3v) is 2.09. The molecule has 4 heteroatoms. The molecule has 13 heavy (non-hydrogen) atoms. The molecule has 1 rings (SSSR count). The van der Waals surface area contributed by atoms with Gasteiger partial charge < -0.3 is 14.6 Å². The summed E-state index contributed by atoms with van der Waals surface area (Å²) in [6.45, 7) is 4.42. The Morgan fingerprint density at radius 3 is 2.92 bits per heavy atom. The maximum absolute atomic E-state index is 10.2. The lowest BCUT2D eigenvalue weighted by Crippen LogP contribution is -2.38. The van der Waals surface area contributed by atoms with Gasteiger partial charge in [0, 0.05) is 13.0 Å². The molecule has 0 aromatic heterocycles. The minimum absolute atomic E-state index is 0.0276. The van der Waals surface area contributed by atoms with Crippen molar-refractivity contribution in [3.05, 3.63) is 0 Å². The molecule has 1 saturated heterocycles. The quantitative estimate of drug-likeness (QED) is 0.719. The number of carboxylic acid groups (broad SMARTS) is 1. The molecule has 1 aliphatic rings. The Morgan fingerprint density at radius 1 is 1.69 bits per heavy atom. The Bertz CT molecular complexity index is 188. The van der Waals surface area contributed by atoms with Gasteiger partial charge in [-0.15, -0.1) is 0 Å². The van der Waals surface area contributed by atoms with Crippen molar-refractivity contribution >= 4 is 5.97 Å². The molecule has 0 bridgehead atoms. The molecule has 0 aliphatic carbocycles. The normalized spacial score (nSPS) is 27.1. The highest BCUT2D eigenvalue weighted by Crippen LogP contribution is 2.25. The molecule has 1 unspecified atom stereocenters. The zero-order valence-corrected chi connectivity index (χ0v) is 8.08. The van der Waals surface area contributed by atoms with E-state index in [2.05, 4.69) is 0 Å². The topological polar surface area (TPSA) is 55.8 Å². The fourth-order valence-corrected chi connectivity index (χ4v) is 1.51. The maximum atomic E-state index is 10.2. The van der Waals surface area contributed by atoms with Crippen LogP contribution < -0.4 is 0 Å². The summed E-state index contributed by atoms with van der Waals surface area (Å²) in [5, 5.41) is 8.42. The van der Waals surface area contributed by atoms with Crippen LogP contribution in [0.4, 0.5) is 0 Å². The van der Waals surface area contributed by atoms with E-state index in [0.717, 1.165) is 12.8 Å². The van der Waals surface area contributed by atoms with Gasteiger partial charge >= 0.3 is 5.97 Å². The van der Waals surface area contributed by atoms with Crippen molar-refractivity contribution in [2.24, 2.45) is 0 Å². The van der Waals surface area contributed by atoms with Crippen molar-refractivity contribution in [3.8, 4) is 0 Å². The summed E-state index contributed by atoms with van der Waals surface area (Å²) in [6.07, 6.45) is 1.58. The SMILES string of the molecule is CC1(C)CC(OCC(=O)O)CCO1. The van der Waals surface area contributed by atoms with Crippen LogP contribution in [0.3, 0.4) is 0 Å². The summed E-state index contributed by atoms with van der Waals surface area (Å²) in [6, 6.07) is 0. The Balaban J connectivity index is 2.30. The van der Waals surface area contributed by atoms with Gasteiger partial charge in [-0.1, -0.05) is 0 Å². The van der Waals surface area contributed by atoms with E-state index in [4.69, 9.17) is 14.6 Å². The minimum Gasteiger partial charge on any atom is -0.480 e. The standard InChI is InChI=1S/C9H16O4/c1-9(2)5-7(3-4-13-9)12-6-8(10)11/h7H,3-6H2,1-2H3,(H,10,11). The first-order chi connectivity index (χ1) is 5.99. The summed E-state index contributed by atoms with van der Waals surface area (Å²) in [7, 11) is 0. The van der Waals surface area contributed by atoms with Gasteiger partial charge in [0.1, 0.15) is 6.61 Å². The van der Waals surface area contributed by atoms with Gasteiger partial charge in [0.15, 0.2) is 0 Å². The van der Waals surface area contributed by atoms with Gasteiger partial charge in [-0.05, 0) is 20.3 Å². The van der Waals surface area contributed by atoms with Gasteiger partial charge in [-0.3, -0.25) is 0 Å². The highest BCUT2D eigenvalue weighted by Gasteiger charge is 2.29. The molecule has 0 aromatic carbocycles. The van der Waals surface area contributed by atoms with E-state index < -0.39 is 5.97 Å². The summed E-state index contributed by atoms with van der Waals surface area (Å²) in [4.78, 5) is 10.2. The van der Waals surface area contributed by atoms with E-state index in [9.17, 15) is 4.79 Å². The van der Waals surface area contributed by atoms with E-state index in [1.54, 1.807) is 0 Å². The van der Waals surface area contributed by atoms with Crippen LogP contribution in [0, 0.1) is 0 Å². The summed E-state index contributed by atoms with van der Waals surface area (Å²) < 4.78 is 10.7. The van der Waals surface area contributed by atoms with E-state index in [-0.39, 0.29) is 18.3 Å². The third kappa shape index (κ3) is 3.74. The van der Waals surface area contributed by atoms with Crippen LogP contribution in [-0.4, -0.2) is 36.0 Å². The van der Waals surface area contributed by atoms with Gasteiger partial charge in [-0.25, -0.2) is 4.79 Å². The number of aliphatic carboxylic acids is 1. The first-order valence-corrected chi connectivity index (χ1v) is 4.47. The number of hydrogen-bond acceptors (Lipinski definition) is 3. The van der Waals surface area contributed by atoms with Gasteiger partial charge in [-0.2, -0.15) is 0 Å². The fraction of sp³-hybridized carbons (Fsp3) is 0.889. The molecule has 1 aliphatic heterocycles. The number of carboxylic acids is 1. The Hall–Kier alpha value is -0.610. The molecular formula is C9H16O4. The van der Waals surface area contributed by atoms with Crippen molar-refractivity contribution < 1.29 is 19.4 Å². The highest BCUT2D eigenvalue weighted by molar-refractivity contribution is 5.68. The molecule has 76 valence electrons. The molecule has 1 heterocycles. The van der Waals surface area contributed by atoms with Crippen molar-refractivity contribution in [1.82, 2.24) is 0 Å². The minimum atomic E-state index is -0.913. The molecule has 1 atom stereocenters. The molecule has 1 N–H and O–H groups in total. The molecule has 0 spiro atoms. The van der Waals surface area contributed by atoms with Gasteiger partial charge in [0.2, 0.25) is 0 Å². The fourth-order valence-electron chi connectivity index (χ4n) is 1.51. The van der Waals surface area contributed by atoms with Crippen LogP contribution in [-0.2, 0) is 14.3 Å². The van der Waals surface area contributed by atoms with Crippen LogP contribution in [0.2, 0.25) is 0 Å². The first-order valence-electron chi connectivity index (χ1n) is 4.47. The lowest BCUT2D eigenvalue weighted by Gasteiger charge is -2.35. The highest BCUT2D eigenvalue weighted by atomic mass is 16.5. The van der Waals surface area contributed by atoms with E-state index >= 15 is 0 Å². The smallest absolute Gasteiger partial charge is 0.329 e. The predicted molar refractivity (Wildman–Crippen MR) is 46.6 cm³/mol. The Labute approximate surface area is 77.8 Å². The van der Waals surface area contributed by atoms with E-state index in [0.29, 0.717) is 6.61 Å². The second-order valence-electron chi connectivity index (χ2n) is 3.93. The van der Waals surface area contributed by atoms with Crippen molar-refractivity contribution in [1.29, 1.82) is 0 Å². The zero-order chi connectivity index (χ0) is 9.90. The Kier molecular flexibility index (Phi) is 3.27. The molecule has 0 aromatic rings. The van der Waals surface area contributed by atoms with Gasteiger partial charge in [0.05, 0.1) is 11.7 Å². The van der Waals surface area contributed by atoms with Crippen molar-refractivity contribution in [2.75, 3.05) is 13.2 Å². The summed E-state index contributed by atoms with van der Waals surface area (Å²) in [5.74, 6) is -0.913. The number of carbonyl (C=O) groups is 1. The third-order valence-electron chi connectivity index (χ3n) is 2.09. The van der Waals surface area contributed by atoms with Crippen LogP contribution in [0.15, 0.2) is 0 Å². The molecular weight excluding hydrogens is 172 g/mol. The largest absolute Gasteiger partial charge is 0.480 e. The maximum Gasteiger partial charge on any atom is 0.329 e. The molecule has 4 nitrogen and oxygen atoms in total. The second kappa shape index (κ2) is 4.07. The van der Waals surface area contributed by atoms with Crippen LogP contribution in [0.25, 0.3) is 0 Å². The Morgan fingerprint density at radius 2 is 2.38 bits per heavy atom. The molecule has 0 radical (unpaired) electrons. The predicted octanol–water partition coefficient (Wildman–Crippen LogP) is 1.05. The number of ether oxygens (including phenoxy) is 2. The molecule has 0 amide bonds. The first kappa shape index (κ1) is 10.5. The number of rotatable bonds is 3. The van der Waals surface area contributed by atoms with Crippen molar-refractivity contribution in [2.45, 2.75) is 38.4 Å². The van der Waals surface area contributed by atoms with Crippen LogP contribution in [0.5, 0.6) is 0 Å². The number of hydrogen-bond donors (Lipinski definition) is 1. The van der Waals surface area contributed by atoms with Crippen molar-refractivity contribution in [3.63, 3.8) is 0 Å². The zero-order valence-electron chi connectivity index (χ0n) is 8.08. The van der Waals surface area contributed by atoms with Crippen LogP contribution >= 0.6 is 0 Å². The lowest BCUT2D eigenvalue weighted by molar-refractivity contribution is -0.152. The second-order valence-corrected chi connectivity index (χ2v) is 3.93. The molecule has 1 fully saturated rings. The van der Waals surface area contributed by atoms with E-state index in [1.807, 2.05) is 13.8 Å². The lowest BCUT2D eigenvalue weighted by atomic mass is 9.96. The summed E-state index contributed by atoms with van der Waals surface area (Å²) in [5.41, 5.74) is -0.179. The average Bonchev–Trinajstić information content (AvgIpc) is 1.99. The van der Waals surface area contributed by atoms with Gasteiger partial charge in [0.25, 0.3) is 0 Å². The van der Waals surface area contributed by atoms with Crippen LogP contribution in [0.1, 0.15) is 26.7 Å². The van der Waals surface area contributed by atoms with E-state index in [1.165, 1.54) is 0 Å². The molecule has 0 saturated carbocycles.